The Balaban J connectivity index is 2.58. The van der Waals surface area contributed by atoms with Crippen molar-refractivity contribution in [1.29, 1.82) is 0 Å². The molecule has 0 saturated heterocycles. The second kappa shape index (κ2) is 4.44. The lowest BCUT2D eigenvalue weighted by molar-refractivity contribution is 0.600. The molecule has 0 saturated carbocycles. The lowest BCUT2D eigenvalue weighted by Gasteiger charge is -2.12. The summed E-state index contributed by atoms with van der Waals surface area (Å²) < 4.78 is 15.8. The first-order valence-corrected chi connectivity index (χ1v) is 6.71. The third kappa shape index (κ3) is 1.73. The third-order valence-corrected chi connectivity index (χ3v) is 3.85. The number of hydrogen-bond acceptors (Lipinski definition) is 1. The molecule has 0 bridgehead atoms. The first-order chi connectivity index (χ1) is 9.50. The van der Waals surface area contributed by atoms with E-state index in [1.165, 1.54) is 6.07 Å². The van der Waals surface area contributed by atoms with Gasteiger partial charge in [0.25, 0.3) is 5.56 Å². The van der Waals surface area contributed by atoms with Crippen LogP contribution in [0.25, 0.3) is 21.7 Å². The van der Waals surface area contributed by atoms with Gasteiger partial charge in [-0.3, -0.25) is 4.79 Å². The van der Waals surface area contributed by atoms with Crippen LogP contribution in [0, 0.1) is 5.82 Å². The van der Waals surface area contributed by atoms with Gasteiger partial charge in [-0.25, -0.2) is 4.39 Å². The van der Waals surface area contributed by atoms with E-state index in [-0.39, 0.29) is 17.3 Å². The number of nitrogens with zero attached hydrogens (tertiary/aromatic N) is 1. The Bertz CT molecular complexity index is 877. The number of aryl methyl sites for hydroxylation is 1. The maximum Gasteiger partial charge on any atom is 0.258 e. The maximum atomic E-state index is 14.2. The van der Waals surface area contributed by atoms with Gasteiger partial charge < -0.3 is 4.57 Å². The molecule has 0 unspecified atom stereocenters. The van der Waals surface area contributed by atoms with Crippen molar-refractivity contribution in [3.05, 3.63) is 58.1 Å². The van der Waals surface area contributed by atoms with E-state index >= 15 is 0 Å². The highest BCUT2D eigenvalue weighted by molar-refractivity contribution is 6.05. The molecule has 0 radical (unpaired) electrons. The summed E-state index contributed by atoms with van der Waals surface area (Å²) in [6.07, 6.45) is 0. The van der Waals surface area contributed by atoms with Crippen LogP contribution in [0.1, 0.15) is 25.3 Å². The molecule has 20 heavy (non-hydrogen) atoms. The fraction of sp³-hybridized carbons (Fsp3) is 0.235. The Morgan fingerprint density at radius 3 is 2.45 bits per heavy atom. The predicted octanol–water partition coefficient (Wildman–Crippen LogP) is 3.95. The quantitative estimate of drug-likeness (QED) is 0.613. The number of halogens is 1. The van der Waals surface area contributed by atoms with Gasteiger partial charge in [0.1, 0.15) is 5.82 Å². The fourth-order valence-corrected chi connectivity index (χ4v) is 2.72. The third-order valence-electron chi connectivity index (χ3n) is 3.85. The van der Waals surface area contributed by atoms with Crippen LogP contribution < -0.4 is 5.56 Å². The average molecular weight is 269 g/mol. The van der Waals surface area contributed by atoms with E-state index in [0.717, 1.165) is 10.9 Å². The minimum Gasteiger partial charge on any atom is -0.311 e. The van der Waals surface area contributed by atoms with Gasteiger partial charge in [0.2, 0.25) is 0 Å². The molecule has 0 aliphatic heterocycles. The van der Waals surface area contributed by atoms with Crippen LogP contribution >= 0.6 is 0 Å². The highest BCUT2D eigenvalue weighted by Crippen LogP contribution is 2.27. The number of para-hydroxylation sites is 1. The monoisotopic (exact) mass is 269 g/mol. The van der Waals surface area contributed by atoms with E-state index < -0.39 is 0 Å². The van der Waals surface area contributed by atoms with Gasteiger partial charge in [-0.1, -0.05) is 32.0 Å². The molecule has 0 fully saturated rings. The number of pyridine rings is 1. The second-order valence-corrected chi connectivity index (χ2v) is 5.46. The minimum absolute atomic E-state index is 0.0515. The smallest absolute Gasteiger partial charge is 0.258 e. The molecule has 0 aliphatic rings. The molecule has 2 aromatic carbocycles. The molecule has 102 valence electrons. The van der Waals surface area contributed by atoms with E-state index in [2.05, 4.69) is 0 Å². The molecule has 1 heterocycles. The summed E-state index contributed by atoms with van der Waals surface area (Å²) in [6.45, 7) is 3.85. The number of rotatable bonds is 1. The molecule has 3 aromatic rings. The lowest BCUT2D eigenvalue weighted by Crippen LogP contribution is -2.17. The van der Waals surface area contributed by atoms with Crippen LogP contribution in [-0.4, -0.2) is 4.57 Å². The molecule has 1 aromatic heterocycles. The summed E-state index contributed by atoms with van der Waals surface area (Å²) >= 11 is 0. The Hall–Kier alpha value is -2.16. The lowest BCUT2D eigenvalue weighted by atomic mass is 9.97. The topological polar surface area (TPSA) is 22.0 Å². The first kappa shape index (κ1) is 12.9. The van der Waals surface area contributed by atoms with Crippen LogP contribution in [0.2, 0.25) is 0 Å². The standard InChI is InChI=1S/C17H16FNO/c1-10(2)12-8-14-13(9-15(12)18)11-6-4-5-7-16(11)19(3)17(14)20/h4-10H,1-3H3. The van der Waals surface area contributed by atoms with Gasteiger partial charge in [-0.15, -0.1) is 0 Å². The van der Waals surface area contributed by atoms with Crippen molar-refractivity contribution >= 4 is 21.7 Å². The van der Waals surface area contributed by atoms with Gasteiger partial charge in [0, 0.05) is 17.8 Å². The molecule has 3 rings (SSSR count). The van der Waals surface area contributed by atoms with Gasteiger partial charge in [-0.2, -0.15) is 0 Å². The van der Waals surface area contributed by atoms with E-state index in [1.54, 1.807) is 17.7 Å². The molecule has 0 atom stereocenters. The summed E-state index contributed by atoms with van der Waals surface area (Å²) in [5.74, 6) is -0.193. The van der Waals surface area contributed by atoms with Gasteiger partial charge in [0.15, 0.2) is 0 Å². The second-order valence-electron chi connectivity index (χ2n) is 5.46. The zero-order valence-electron chi connectivity index (χ0n) is 11.8. The molecule has 0 amide bonds. The van der Waals surface area contributed by atoms with Crippen molar-refractivity contribution in [2.24, 2.45) is 7.05 Å². The summed E-state index contributed by atoms with van der Waals surface area (Å²) in [5.41, 5.74) is 1.33. The Kier molecular flexibility index (Phi) is 2.85. The van der Waals surface area contributed by atoms with E-state index in [9.17, 15) is 9.18 Å². The summed E-state index contributed by atoms with van der Waals surface area (Å²) in [7, 11) is 1.75. The van der Waals surface area contributed by atoms with Crippen LogP contribution in [0.5, 0.6) is 0 Å². The summed E-state index contributed by atoms with van der Waals surface area (Å²) in [4.78, 5) is 12.5. The van der Waals surface area contributed by atoms with Crippen molar-refractivity contribution in [1.82, 2.24) is 4.57 Å². The van der Waals surface area contributed by atoms with E-state index in [0.29, 0.717) is 16.3 Å². The largest absolute Gasteiger partial charge is 0.311 e. The highest BCUT2D eigenvalue weighted by atomic mass is 19.1. The minimum atomic E-state index is -0.245. The molecule has 0 aliphatic carbocycles. The number of fused-ring (bicyclic) bond motifs is 3. The van der Waals surface area contributed by atoms with Crippen LogP contribution in [0.4, 0.5) is 4.39 Å². The molecule has 0 N–H and O–H groups in total. The van der Waals surface area contributed by atoms with E-state index in [4.69, 9.17) is 0 Å². The van der Waals surface area contributed by atoms with Crippen molar-refractivity contribution in [2.45, 2.75) is 19.8 Å². The normalized spacial score (nSPS) is 11.7. The van der Waals surface area contributed by atoms with Crippen molar-refractivity contribution in [2.75, 3.05) is 0 Å². The van der Waals surface area contributed by atoms with Gasteiger partial charge in [-0.05, 0) is 35.1 Å². The van der Waals surface area contributed by atoms with Gasteiger partial charge >= 0.3 is 0 Å². The number of benzene rings is 2. The molecule has 2 nitrogen and oxygen atoms in total. The zero-order valence-corrected chi connectivity index (χ0v) is 11.8. The van der Waals surface area contributed by atoms with Gasteiger partial charge in [0.05, 0.1) is 5.52 Å². The Morgan fingerprint density at radius 1 is 1.05 bits per heavy atom. The Labute approximate surface area is 116 Å². The SMILES string of the molecule is CC(C)c1cc2c(=O)n(C)c3ccccc3c2cc1F. The maximum absolute atomic E-state index is 14.2. The molecule has 0 spiro atoms. The number of hydrogen-bond donors (Lipinski definition) is 0. The van der Waals surface area contributed by atoms with Crippen molar-refractivity contribution < 1.29 is 4.39 Å². The predicted molar refractivity (Wildman–Crippen MR) is 80.7 cm³/mol. The fourth-order valence-electron chi connectivity index (χ4n) is 2.72. The van der Waals surface area contributed by atoms with Crippen LogP contribution in [-0.2, 0) is 7.05 Å². The summed E-state index contributed by atoms with van der Waals surface area (Å²) in [5, 5.41) is 2.17. The highest BCUT2D eigenvalue weighted by Gasteiger charge is 2.13. The Morgan fingerprint density at radius 2 is 1.75 bits per heavy atom. The van der Waals surface area contributed by atoms with Crippen molar-refractivity contribution in [3.8, 4) is 0 Å². The van der Waals surface area contributed by atoms with Crippen molar-refractivity contribution in [3.63, 3.8) is 0 Å². The van der Waals surface area contributed by atoms with Crippen LogP contribution in [0.15, 0.2) is 41.2 Å². The first-order valence-electron chi connectivity index (χ1n) is 6.71. The van der Waals surface area contributed by atoms with Crippen LogP contribution in [0.3, 0.4) is 0 Å². The molecule has 3 heteroatoms. The number of aromatic nitrogens is 1. The molecular weight excluding hydrogens is 253 g/mol. The molecular formula is C17H16FNO. The summed E-state index contributed by atoms with van der Waals surface area (Å²) in [6, 6.07) is 10.8. The van der Waals surface area contributed by atoms with E-state index in [1.807, 2.05) is 38.1 Å². The average Bonchev–Trinajstić information content (AvgIpc) is 2.44. The zero-order chi connectivity index (χ0) is 14.4.